The highest BCUT2D eigenvalue weighted by Gasteiger charge is 2.53. The van der Waals surface area contributed by atoms with E-state index in [4.69, 9.17) is 0 Å². The number of anilines is 12. The molecule has 0 aromatic heterocycles. The van der Waals surface area contributed by atoms with Gasteiger partial charge in [0, 0.05) is 129 Å². The molecule has 6 heterocycles. The lowest BCUT2D eigenvalue weighted by atomic mass is 9.53. The van der Waals surface area contributed by atoms with E-state index in [1.165, 1.54) is 261 Å². The molecule has 9 aliphatic rings. The summed E-state index contributed by atoms with van der Waals surface area (Å²) in [5, 5.41) is 10.4. The third-order valence-corrected chi connectivity index (χ3v) is 31.8. The highest BCUT2D eigenvalue weighted by molar-refractivity contribution is 6.88. The molecule has 31 rings (SSSR count). The van der Waals surface area contributed by atoms with E-state index in [0.717, 1.165) is 0 Å². The molecule has 0 saturated carbocycles. The van der Waals surface area contributed by atoms with Crippen LogP contribution in [0, 0.1) is 0 Å². The van der Waals surface area contributed by atoms with Gasteiger partial charge in [-0.25, -0.2) is 0 Å². The largest absolute Gasteiger partial charge is 0.421 e. The molecule has 0 N–H and O–H groups in total. The molecule has 0 unspecified atom stereocenters. The Hall–Kier alpha value is -17.1. The number of hydrogen-bond acceptors (Lipinski definition) is 6. The Morgan fingerprint density at radius 1 is 0.151 bits per heavy atom. The van der Waals surface area contributed by atoms with Crippen LogP contribution < -0.4 is 45.3 Å². The van der Waals surface area contributed by atoms with Crippen molar-refractivity contribution in [3.8, 4) is 111 Å². The third-order valence-electron chi connectivity index (χ3n) is 31.8. The van der Waals surface area contributed by atoms with Crippen molar-refractivity contribution in [3.05, 3.63) is 489 Å². The molecule has 9 heteroatoms. The lowest BCUT2D eigenvalue weighted by Gasteiger charge is -2.48. The Morgan fingerprint density at radius 3 is 0.806 bits per heavy atom. The molecular weight excluding hydrogens is 1680 g/mol. The van der Waals surface area contributed by atoms with Gasteiger partial charge in [-0.05, 0) is 234 Å². The molecule has 0 radical (unpaired) electrons. The second kappa shape index (κ2) is 30.2. The van der Waals surface area contributed by atoms with Gasteiger partial charge in [0.2, 0.25) is 0 Å². The molecular formula is C130H89B3N6. The third kappa shape index (κ3) is 11.2. The standard InChI is InChI=1S/C48H37BN2.C42H27BN2.C40H25BN2/c1-47(2)36-22-9-5-18-34(36)44-38(47)24-14-28-42(44)50-40-26-11-7-16-30(40)32-20-13-21-33-31-17-8-12-27-41(31)51(49(50)46(32)33)43-29-15-25-39-45(43)35-19-6-10-23-37(35)48(39,3)4;1-2-13-28(14-3-1)44-40-23-10-8-19-35(40)37-21-12-22-38-36-20-9-11-24-41(36)45(43(44)42(37)38)29-25-26-34-32-17-5-4-15-30(32)31-16-6-7-18-33(31)39(34)27-29;1-2-12-26(13-3-1)42-36-22-8-6-16-29(36)33-19-11-20-34-30-17-7-9-23-37(30)43(41(42)40(33)34)38-25-24-32-28-15-5-4-14-27(28)31-18-10-21-35(38)39(31)32/h5-29H,1-4H3;1-27H;1-25H. The monoisotopic (exact) mass is 1770 g/mol. The van der Waals surface area contributed by atoms with Crippen LogP contribution in [0.1, 0.15) is 49.9 Å². The summed E-state index contributed by atoms with van der Waals surface area (Å²) in [5.41, 5.74) is 50.2. The zero-order valence-corrected chi connectivity index (χ0v) is 77.4. The van der Waals surface area contributed by atoms with Crippen LogP contribution in [0.25, 0.3) is 154 Å². The van der Waals surface area contributed by atoms with Crippen molar-refractivity contribution in [2.24, 2.45) is 0 Å². The number of para-hydroxylation sites is 8. The molecule has 3 aliphatic carbocycles. The molecule has 139 heavy (non-hydrogen) atoms. The summed E-state index contributed by atoms with van der Waals surface area (Å²) in [5.74, 6) is 0. The van der Waals surface area contributed by atoms with Gasteiger partial charge >= 0.3 is 20.9 Å². The fourth-order valence-corrected chi connectivity index (χ4v) is 26.0. The van der Waals surface area contributed by atoms with E-state index in [9.17, 15) is 0 Å². The van der Waals surface area contributed by atoms with E-state index in [1.54, 1.807) is 0 Å². The fraction of sp³-hybridized carbons (Fsp3) is 0.0462. The summed E-state index contributed by atoms with van der Waals surface area (Å²) in [4.78, 5) is 15.6. The van der Waals surface area contributed by atoms with Crippen molar-refractivity contribution in [1.82, 2.24) is 0 Å². The van der Waals surface area contributed by atoms with Crippen LogP contribution in [0.15, 0.2) is 467 Å². The van der Waals surface area contributed by atoms with Crippen LogP contribution >= 0.6 is 0 Å². The van der Waals surface area contributed by atoms with Gasteiger partial charge < -0.3 is 28.9 Å². The second-order valence-corrected chi connectivity index (χ2v) is 39.4. The smallest absolute Gasteiger partial charge is 0.361 e. The van der Waals surface area contributed by atoms with Crippen molar-refractivity contribution in [3.63, 3.8) is 0 Å². The molecule has 6 nitrogen and oxygen atoms in total. The van der Waals surface area contributed by atoms with Crippen LogP contribution in [0.2, 0.25) is 0 Å². The SMILES string of the molecule is CC1(C)c2ccccc2-c2c(N3B4c5c(cccc5-c5ccccc5N4c4cccc5c4-c4ccccc4C5(C)C)-c4ccccc43)cccc21.c1ccc(N2B3c4c(cccc4-c4ccccc4N3c3ccc4c5c(cccc35)-c3ccccc3-4)-c3ccccc32)cc1.c1ccc(N2B3c4c(cccc4-c4ccccc4N3c3ccc4c5ccccc5c5ccccc5c4c3)-c3ccccc32)cc1. The Labute approximate surface area is 810 Å². The number of nitrogens with zero attached hydrogens (tertiary/aromatic N) is 6. The summed E-state index contributed by atoms with van der Waals surface area (Å²) in [7, 11) is 0. The van der Waals surface area contributed by atoms with Crippen LogP contribution in [-0.2, 0) is 10.8 Å². The number of fused-ring (bicyclic) bond motifs is 27. The van der Waals surface area contributed by atoms with Crippen molar-refractivity contribution in [2.45, 2.75) is 38.5 Å². The van der Waals surface area contributed by atoms with Crippen molar-refractivity contribution >= 4 is 149 Å². The lowest BCUT2D eigenvalue weighted by Crippen LogP contribution is -2.62. The zero-order chi connectivity index (χ0) is 91.8. The highest BCUT2D eigenvalue weighted by Crippen LogP contribution is 2.62. The van der Waals surface area contributed by atoms with E-state index >= 15 is 0 Å². The zero-order valence-electron chi connectivity index (χ0n) is 77.4. The molecule has 6 aliphatic heterocycles. The Kier molecular flexibility index (Phi) is 17.2. The van der Waals surface area contributed by atoms with Gasteiger partial charge in [0.1, 0.15) is 0 Å². The van der Waals surface area contributed by atoms with Gasteiger partial charge in [0.25, 0.3) is 0 Å². The minimum absolute atomic E-state index is 0.0702. The summed E-state index contributed by atoms with van der Waals surface area (Å²) in [6, 6.07) is 173. The molecule has 648 valence electrons. The Morgan fingerprint density at radius 2 is 0.403 bits per heavy atom. The predicted octanol–water partition coefficient (Wildman–Crippen LogP) is 31.9. The minimum atomic E-state index is -0.134. The first-order chi connectivity index (χ1) is 68.6. The first kappa shape index (κ1) is 79.3. The van der Waals surface area contributed by atoms with Gasteiger partial charge in [-0.3, -0.25) is 0 Å². The van der Waals surface area contributed by atoms with Gasteiger partial charge in [-0.2, -0.15) is 0 Å². The van der Waals surface area contributed by atoms with E-state index in [2.05, 4.69) is 524 Å². The van der Waals surface area contributed by atoms with E-state index in [-0.39, 0.29) is 31.8 Å². The Bertz CT molecular complexity index is 8740. The Balaban J connectivity index is 0.000000101. The summed E-state index contributed by atoms with van der Waals surface area (Å²) < 4.78 is 0. The summed E-state index contributed by atoms with van der Waals surface area (Å²) in [6.45, 7) is 9.25. The topological polar surface area (TPSA) is 19.4 Å². The van der Waals surface area contributed by atoms with Crippen LogP contribution in [-0.4, -0.2) is 20.9 Å². The van der Waals surface area contributed by atoms with Crippen LogP contribution in [0.4, 0.5) is 68.2 Å². The molecule has 22 aromatic carbocycles. The quantitative estimate of drug-likeness (QED) is 0.121. The molecule has 0 atom stereocenters. The normalized spacial score (nSPS) is 14.3. The molecule has 22 aromatic rings. The van der Waals surface area contributed by atoms with Crippen LogP contribution in [0.3, 0.4) is 0 Å². The number of hydrogen-bond donors (Lipinski definition) is 0. The minimum Gasteiger partial charge on any atom is -0.361 e. The maximum absolute atomic E-state index is 2.68. The molecule has 0 fully saturated rings. The van der Waals surface area contributed by atoms with Crippen molar-refractivity contribution in [2.75, 3.05) is 28.9 Å². The molecule has 0 amide bonds. The van der Waals surface area contributed by atoms with E-state index in [1.807, 2.05) is 0 Å². The van der Waals surface area contributed by atoms with Crippen molar-refractivity contribution < 1.29 is 0 Å². The second-order valence-electron chi connectivity index (χ2n) is 39.4. The number of rotatable bonds is 6. The van der Waals surface area contributed by atoms with E-state index < -0.39 is 0 Å². The van der Waals surface area contributed by atoms with Gasteiger partial charge in [-0.1, -0.05) is 404 Å². The first-order valence-electron chi connectivity index (χ1n) is 48.9. The van der Waals surface area contributed by atoms with Crippen LogP contribution in [0.5, 0.6) is 0 Å². The maximum atomic E-state index is 2.68. The molecule has 0 spiro atoms. The summed E-state index contributed by atoms with van der Waals surface area (Å²) in [6.07, 6.45) is 0. The highest BCUT2D eigenvalue weighted by atomic mass is 15.3. The lowest BCUT2D eigenvalue weighted by molar-refractivity contribution is 0.660. The molecule has 0 bridgehead atoms. The average Bonchev–Trinajstić information content (AvgIpc) is 1.60. The summed E-state index contributed by atoms with van der Waals surface area (Å²) >= 11 is 0. The van der Waals surface area contributed by atoms with Gasteiger partial charge in [0.15, 0.2) is 0 Å². The fourth-order valence-electron chi connectivity index (χ4n) is 26.0. The predicted molar refractivity (Wildman–Crippen MR) is 589 cm³/mol. The number of benzene rings is 22. The van der Waals surface area contributed by atoms with Gasteiger partial charge in [-0.15, -0.1) is 0 Å². The first-order valence-corrected chi connectivity index (χ1v) is 48.9. The average molecular weight is 1770 g/mol. The van der Waals surface area contributed by atoms with E-state index in [0.29, 0.717) is 0 Å². The van der Waals surface area contributed by atoms with Gasteiger partial charge in [0.05, 0.1) is 0 Å². The molecule has 0 saturated heterocycles. The van der Waals surface area contributed by atoms with Crippen molar-refractivity contribution in [1.29, 1.82) is 0 Å². The maximum Gasteiger partial charge on any atom is 0.421 e.